The number of benzene rings is 1. The van der Waals surface area contributed by atoms with Gasteiger partial charge in [0, 0.05) is 19.0 Å². The minimum atomic E-state index is 0.260. The van der Waals surface area contributed by atoms with Gasteiger partial charge in [-0.15, -0.1) is 0 Å². The van der Waals surface area contributed by atoms with Crippen molar-refractivity contribution in [2.75, 3.05) is 13.1 Å². The first-order chi connectivity index (χ1) is 9.25. The molecule has 0 aromatic heterocycles. The molecule has 19 heavy (non-hydrogen) atoms. The van der Waals surface area contributed by atoms with Crippen LogP contribution < -0.4 is 0 Å². The highest BCUT2D eigenvalue weighted by molar-refractivity contribution is 5.83. The van der Waals surface area contributed by atoms with Crippen LogP contribution in [0.25, 0.3) is 0 Å². The molecule has 0 bridgehead atoms. The number of carbonyl (C=O) groups excluding carboxylic acids is 1. The number of hydrogen-bond acceptors (Lipinski definition) is 1. The van der Waals surface area contributed by atoms with Gasteiger partial charge in [-0.1, -0.05) is 37.3 Å². The summed E-state index contributed by atoms with van der Waals surface area (Å²) in [4.78, 5) is 14.7. The first-order valence-electron chi connectivity index (χ1n) is 7.59. The number of likely N-dealkylation sites (tertiary alicyclic amines) is 1. The van der Waals surface area contributed by atoms with Crippen molar-refractivity contribution < 1.29 is 4.79 Å². The lowest BCUT2D eigenvalue weighted by molar-refractivity contribution is -0.132. The predicted octanol–water partition coefficient (Wildman–Crippen LogP) is 3.44. The number of hydrogen-bond donors (Lipinski definition) is 0. The summed E-state index contributed by atoms with van der Waals surface area (Å²) in [6.45, 7) is 4.25. The molecule has 2 fully saturated rings. The van der Waals surface area contributed by atoms with Crippen molar-refractivity contribution >= 4 is 5.91 Å². The summed E-state index contributed by atoms with van der Waals surface area (Å²) in [5.41, 5.74) is 1.34. The summed E-state index contributed by atoms with van der Waals surface area (Å²) in [5, 5.41) is 0. The van der Waals surface area contributed by atoms with Crippen molar-refractivity contribution in [2.24, 2.45) is 11.8 Å². The van der Waals surface area contributed by atoms with Crippen LogP contribution in [0.4, 0.5) is 0 Å². The van der Waals surface area contributed by atoms with Gasteiger partial charge in [0.2, 0.25) is 5.91 Å². The Bertz CT molecular complexity index is 442. The van der Waals surface area contributed by atoms with Crippen LogP contribution in [-0.4, -0.2) is 23.9 Å². The van der Waals surface area contributed by atoms with Gasteiger partial charge in [-0.3, -0.25) is 4.79 Å². The lowest BCUT2D eigenvalue weighted by Gasteiger charge is -2.20. The van der Waals surface area contributed by atoms with Gasteiger partial charge in [-0.25, -0.2) is 0 Å². The van der Waals surface area contributed by atoms with Gasteiger partial charge < -0.3 is 4.90 Å². The molecular formula is C17H23NO. The minimum Gasteiger partial charge on any atom is -0.342 e. The number of nitrogens with zero attached hydrogens (tertiary/aromatic N) is 1. The third kappa shape index (κ3) is 2.83. The predicted molar refractivity (Wildman–Crippen MR) is 76.9 cm³/mol. The largest absolute Gasteiger partial charge is 0.342 e. The maximum absolute atomic E-state index is 12.5. The monoisotopic (exact) mass is 257 g/mol. The molecule has 3 rings (SSSR count). The Kier molecular flexibility index (Phi) is 3.58. The van der Waals surface area contributed by atoms with Gasteiger partial charge in [0.05, 0.1) is 0 Å². The number of amides is 1. The van der Waals surface area contributed by atoms with E-state index < -0.39 is 0 Å². The van der Waals surface area contributed by atoms with Crippen molar-refractivity contribution in [3.8, 4) is 0 Å². The van der Waals surface area contributed by atoms with Crippen LogP contribution in [0.5, 0.6) is 0 Å². The summed E-state index contributed by atoms with van der Waals surface area (Å²) in [5.74, 6) is 1.93. The van der Waals surface area contributed by atoms with Crippen LogP contribution >= 0.6 is 0 Å². The molecule has 0 unspecified atom stereocenters. The molecule has 1 aliphatic heterocycles. The molecule has 102 valence electrons. The molecule has 1 saturated heterocycles. The van der Waals surface area contributed by atoms with Crippen molar-refractivity contribution in [3.05, 3.63) is 35.9 Å². The molecule has 2 aliphatic rings. The van der Waals surface area contributed by atoms with Crippen LogP contribution in [0.2, 0.25) is 0 Å². The molecule has 0 spiro atoms. The third-order valence-corrected chi connectivity index (χ3v) is 4.66. The highest BCUT2D eigenvalue weighted by Gasteiger charge is 2.45. The van der Waals surface area contributed by atoms with E-state index in [-0.39, 0.29) is 5.92 Å². The maximum atomic E-state index is 12.5. The Labute approximate surface area is 115 Å². The van der Waals surface area contributed by atoms with Gasteiger partial charge in [0.1, 0.15) is 0 Å². The summed E-state index contributed by atoms with van der Waals surface area (Å²) < 4.78 is 0. The zero-order valence-electron chi connectivity index (χ0n) is 11.7. The highest BCUT2D eigenvalue weighted by Crippen LogP contribution is 2.48. The Morgan fingerprint density at radius 1 is 1.16 bits per heavy atom. The van der Waals surface area contributed by atoms with E-state index in [9.17, 15) is 4.79 Å². The quantitative estimate of drug-likeness (QED) is 0.794. The Balaban J connectivity index is 1.60. The molecular weight excluding hydrogens is 234 g/mol. The summed E-state index contributed by atoms with van der Waals surface area (Å²) >= 11 is 0. The van der Waals surface area contributed by atoms with E-state index in [1.165, 1.54) is 24.8 Å². The molecule has 1 amide bonds. The van der Waals surface area contributed by atoms with E-state index in [0.717, 1.165) is 25.4 Å². The second-order valence-electron chi connectivity index (χ2n) is 6.22. The molecule has 3 atom stereocenters. The van der Waals surface area contributed by atoms with E-state index in [1.807, 2.05) is 6.07 Å². The molecule has 0 radical (unpaired) electrons. The van der Waals surface area contributed by atoms with E-state index >= 15 is 0 Å². The first-order valence-corrected chi connectivity index (χ1v) is 7.59. The minimum absolute atomic E-state index is 0.260. The van der Waals surface area contributed by atoms with E-state index in [0.29, 0.717) is 11.8 Å². The SMILES string of the molecule is C[C@@H]1CCCN(C(=O)[C@H]2C[C@@H]2c2ccccc2)CC1. The van der Waals surface area contributed by atoms with Gasteiger partial charge >= 0.3 is 0 Å². The van der Waals surface area contributed by atoms with Crippen molar-refractivity contribution in [3.63, 3.8) is 0 Å². The van der Waals surface area contributed by atoms with Gasteiger partial charge in [-0.2, -0.15) is 0 Å². The van der Waals surface area contributed by atoms with Crippen LogP contribution in [-0.2, 0) is 4.79 Å². The number of carbonyl (C=O) groups is 1. The fourth-order valence-electron chi connectivity index (χ4n) is 3.25. The molecule has 1 heterocycles. The standard InChI is InChI=1S/C17H23NO/c1-13-6-5-10-18(11-9-13)17(19)16-12-15(16)14-7-3-2-4-8-14/h2-4,7-8,13,15-16H,5-6,9-12H2,1H3/t13-,15-,16+/m1/s1. The zero-order chi connectivity index (χ0) is 13.2. The zero-order valence-corrected chi connectivity index (χ0v) is 11.7. The van der Waals surface area contributed by atoms with Gasteiger partial charge in [0.15, 0.2) is 0 Å². The van der Waals surface area contributed by atoms with E-state index in [1.54, 1.807) is 0 Å². The van der Waals surface area contributed by atoms with Crippen LogP contribution in [0.15, 0.2) is 30.3 Å². The summed E-state index contributed by atoms with van der Waals surface area (Å²) in [6.07, 6.45) is 4.68. The van der Waals surface area contributed by atoms with Crippen LogP contribution in [0, 0.1) is 11.8 Å². The molecule has 0 N–H and O–H groups in total. The van der Waals surface area contributed by atoms with Crippen molar-refractivity contribution in [1.82, 2.24) is 4.90 Å². The fraction of sp³-hybridized carbons (Fsp3) is 0.588. The molecule has 1 aromatic rings. The fourth-order valence-corrected chi connectivity index (χ4v) is 3.25. The molecule has 2 nitrogen and oxygen atoms in total. The topological polar surface area (TPSA) is 20.3 Å². The highest BCUT2D eigenvalue weighted by atomic mass is 16.2. The molecule has 2 heteroatoms. The maximum Gasteiger partial charge on any atom is 0.226 e. The Morgan fingerprint density at radius 2 is 1.95 bits per heavy atom. The van der Waals surface area contributed by atoms with Gasteiger partial charge in [0.25, 0.3) is 0 Å². The third-order valence-electron chi connectivity index (χ3n) is 4.66. The smallest absolute Gasteiger partial charge is 0.226 e. The van der Waals surface area contributed by atoms with Crippen molar-refractivity contribution in [2.45, 2.75) is 38.5 Å². The van der Waals surface area contributed by atoms with E-state index in [2.05, 4.69) is 36.1 Å². The molecule has 1 saturated carbocycles. The van der Waals surface area contributed by atoms with Gasteiger partial charge in [-0.05, 0) is 43.1 Å². The summed E-state index contributed by atoms with van der Waals surface area (Å²) in [6, 6.07) is 10.5. The lowest BCUT2D eigenvalue weighted by atomic mass is 10.0. The van der Waals surface area contributed by atoms with Crippen LogP contribution in [0.1, 0.15) is 44.1 Å². The normalized spacial score (nSPS) is 30.8. The lowest BCUT2D eigenvalue weighted by Crippen LogP contribution is -2.33. The molecule has 1 aromatic carbocycles. The van der Waals surface area contributed by atoms with Crippen molar-refractivity contribution in [1.29, 1.82) is 0 Å². The average Bonchev–Trinajstić information content (AvgIpc) is 3.23. The number of rotatable bonds is 2. The summed E-state index contributed by atoms with van der Waals surface area (Å²) in [7, 11) is 0. The Morgan fingerprint density at radius 3 is 2.74 bits per heavy atom. The second-order valence-corrected chi connectivity index (χ2v) is 6.22. The first kappa shape index (κ1) is 12.7. The van der Waals surface area contributed by atoms with Crippen LogP contribution in [0.3, 0.4) is 0 Å². The molecule has 1 aliphatic carbocycles. The average molecular weight is 257 g/mol. The van der Waals surface area contributed by atoms with E-state index in [4.69, 9.17) is 0 Å². The second kappa shape index (κ2) is 5.36. The Hall–Kier alpha value is -1.31.